The van der Waals surface area contributed by atoms with Crippen LogP contribution in [0.3, 0.4) is 0 Å². The molecular weight excluding hydrogens is 458 g/mol. The number of guanidine groups is 1. The van der Waals surface area contributed by atoms with Crippen molar-refractivity contribution in [1.82, 2.24) is 21.4 Å². The van der Waals surface area contributed by atoms with Crippen molar-refractivity contribution >= 4 is 39.2 Å². The van der Waals surface area contributed by atoms with E-state index in [1.807, 2.05) is 0 Å². The van der Waals surface area contributed by atoms with Gasteiger partial charge in [0.2, 0.25) is 5.96 Å². The van der Waals surface area contributed by atoms with Crippen LogP contribution in [0, 0.1) is 0 Å². The summed E-state index contributed by atoms with van der Waals surface area (Å²) in [6, 6.07) is 9.33. The molecule has 4 N–H and O–H groups in total. The van der Waals surface area contributed by atoms with Gasteiger partial charge in [0.1, 0.15) is 5.69 Å². The molecule has 0 bridgehead atoms. The maximum Gasteiger partial charge on any atom is 0.387 e. The molecule has 0 aromatic heterocycles. The maximum absolute atomic E-state index is 12.8. The molecule has 0 atom stereocenters. The molecule has 0 radical (unpaired) electrons. The highest BCUT2D eigenvalue weighted by molar-refractivity contribution is 7.92. The lowest BCUT2D eigenvalue weighted by Gasteiger charge is -2.18. The van der Waals surface area contributed by atoms with E-state index in [0.29, 0.717) is 6.54 Å². The maximum atomic E-state index is 12.8. The quantitative estimate of drug-likeness (QED) is 0.484. The predicted molar refractivity (Wildman–Crippen MR) is 109 cm³/mol. The largest absolute Gasteiger partial charge is 0.433 e. The van der Waals surface area contributed by atoms with E-state index < -0.39 is 39.0 Å². The van der Waals surface area contributed by atoms with E-state index >= 15 is 0 Å². The van der Waals surface area contributed by atoms with Gasteiger partial charge in [-0.15, -0.1) is 10.6 Å². The standard InChI is InChI=1S/C17H17ClF2N6O4S/c1-2-26-17(22-24-25-26)21-15(27)11-8-9-12(30-16(19)20)14(13(11)18)23-31(28,29)10-6-4-3-5-7-10/h3-9,16,23-25H,2H2,1H3,(H,21,22,27). The molecule has 0 unspecified atom stereocenters. The van der Waals surface area contributed by atoms with Crippen LogP contribution in [-0.4, -0.2) is 38.4 Å². The first kappa shape index (κ1) is 22.5. The number of benzene rings is 2. The Morgan fingerprint density at radius 1 is 1.26 bits per heavy atom. The molecule has 0 spiro atoms. The minimum Gasteiger partial charge on any atom is -0.433 e. The Labute approximate surface area is 181 Å². The van der Waals surface area contributed by atoms with Crippen LogP contribution < -0.4 is 25.8 Å². The first-order valence-corrected chi connectivity index (χ1v) is 10.6. The molecular formula is C17H17ClF2N6O4S. The predicted octanol–water partition coefficient (Wildman–Crippen LogP) is 2.09. The van der Waals surface area contributed by atoms with Crippen LogP contribution in [0.4, 0.5) is 14.5 Å². The molecule has 10 nitrogen and oxygen atoms in total. The van der Waals surface area contributed by atoms with Crippen molar-refractivity contribution in [2.45, 2.75) is 18.4 Å². The van der Waals surface area contributed by atoms with E-state index in [0.717, 1.165) is 12.1 Å². The van der Waals surface area contributed by atoms with E-state index in [4.69, 9.17) is 11.6 Å². The van der Waals surface area contributed by atoms with Crippen LogP contribution in [0.5, 0.6) is 5.75 Å². The summed E-state index contributed by atoms with van der Waals surface area (Å²) in [5.41, 5.74) is 4.41. The fourth-order valence-corrected chi connectivity index (χ4v) is 4.01. The second-order valence-corrected chi connectivity index (χ2v) is 8.02. The van der Waals surface area contributed by atoms with Gasteiger partial charge in [0.15, 0.2) is 5.75 Å². The van der Waals surface area contributed by atoms with Crippen LogP contribution in [0.1, 0.15) is 17.3 Å². The number of nitrogens with one attached hydrogen (secondary N) is 4. The molecule has 0 aliphatic carbocycles. The number of nitrogens with zero attached hydrogens (tertiary/aromatic N) is 2. The summed E-state index contributed by atoms with van der Waals surface area (Å²) in [5, 5.41) is 7.35. The summed E-state index contributed by atoms with van der Waals surface area (Å²) in [7, 11) is -4.21. The number of carbonyl (C=O) groups excluding carboxylic acids is 1. The first-order valence-electron chi connectivity index (χ1n) is 8.75. The van der Waals surface area contributed by atoms with Crippen molar-refractivity contribution in [2.75, 3.05) is 11.3 Å². The number of ether oxygens (including phenoxy) is 1. The second-order valence-electron chi connectivity index (χ2n) is 5.95. The number of sulfonamides is 1. The monoisotopic (exact) mass is 474 g/mol. The third kappa shape index (κ3) is 5.13. The Hall–Kier alpha value is -3.16. The van der Waals surface area contributed by atoms with E-state index in [2.05, 4.69) is 30.9 Å². The van der Waals surface area contributed by atoms with Crippen LogP contribution in [0.25, 0.3) is 0 Å². The van der Waals surface area contributed by atoms with E-state index in [9.17, 15) is 22.0 Å². The van der Waals surface area contributed by atoms with E-state index in [1.165, 1.54) is 29.3 Å². The Morgan fingerprint density at radius 2 is 1.97 bits per heavy atom. The third-order valence-corrected chi connectivity index (χ3v) is 5.76. The highest BCUT2D eigenvalue weighted by Crippen LogP contribution is 2.37. The number of amides is 1. The van der Waals surface area contributed by atoms with Gasteiger partial charge in [-0.3, -0.25) is 19.8 Å². The number of carbonyl (C=O) groups is 1. The average molecular weight is 475 g/mol. The first-order chi connectivity index (χ1) is 14.7. The number of hydrazine groups is 2. The second kappa shape index (κ2) is 9.32. The van der Waals surface area contributed by atoms with Gasteiger partial charge in [-0.05, 0) is 31.2 Å². The number of hydrazone groups is 1. The zero-order valence-electron chi connectivity index (χ0n) is 15.9. The summed E-state index contributed by atoms with van der Waals surface area (Å²) in [5.74, 6) is -1.17. The van der Waals surface area contributed by atoms with Crippen LogP contribution >= 0.6 is 11.6 Å². The fourth-order valence-electron chi connectivity index (χ4n) is 2.56. The summed E-state index contributed by atoms with van der Waals surface area (Å²) >= 11 is 6.24. The van der Waals surface area contributed by atoms with Crippen LogP contribution in [-0.2, 0) is 10.0 Å². The van der Waals surface area contributed by atoms with Gasteiger partial charge in [-0.1, -0.05) is 29.8 Å². The Kier molecular flexibility index (Phi) is 6.77. The van der Waals surface area contributed by atoms with Gasteiger partial charge in [-0.25, -0.2) is 14.0 Å². The number of anilines is 1. The average Bonchev–Trinajstić information content (AvgIpc) is 3.18. The Morgan fingerprint density at radius 3 is 2.61 bits per heavy atom. The van der Waals surface area contributed by atoms with Crippen molar-refractivity contribution in [3.63, 3.8) is 0 Å². The molecule has 0 fully saturated rings. The molecule has 1 amide bonds. The molecule has 1 aliphatic heterocycles. The lowest BCUT2D eigenvalue weighted by atomic mass is 10.1. The highest BCUT2D eigenvalue weighted by atomic mass is 35.5. The normalized spacial score (nSPS) is 13.6. The third-order valence-electron chi connectivity index (χ3n) is 4.00. The molecule has 0 saturated heterocycles. The van der Waals surface area contributed by atoms with E-state index in [-0.39, 0.29) is 16.4 Å². The number of hydrogen-bond donors (Lipinski definition) is 4. The molecule has 2 aromatic carbocycles. The lowest BCUT2D eigenvalue weighted by molar-refractivity contribution is -0.0493. The smallest absolute Gasteiger partial charge is 0.387 e. The molecule has 166 valence electrons. The summed E-state index contributed by atoms with van der Waals surface area (Å²) < 4.78 is 57.5. The summed E-state index contributed by atoms with van der Waals surface area (Å²) in [4.78, 5) is 12.5. The van der Waals surface area contributed by atoms with Crippen molar-refractivity contribution in [1.29, 1.82) is 0 Å². The number of alkyl halides is 2. The minimum atomic E-state index is -4.21. The highest BCUT2D eigenvalue weighted by Gasteiger charge is 2.26. The number of halogens is 3. The van der Waals surface area contributed by atoms with Crippen molar-refractivity contribution in [2.24, 2.45) is 5.10 Å². The lowest BCUT2D eigenvalue weighted by Crippen LogP contribution is -2.47. The molecule has 1 heterocycles. The van der Waals surface area contributed by atoms with E-state index in [1.54, 1.807) is 13.0 Å². The van der Waals surface area contributed by atoms with Gasteiger partial charge in [-0.2, -0.15) is 8.78 Å². The SMILES string of the molecule is CCN1NNN=C1NC(=O)c1ccc(OC(F)F)c(NS(=O)(=O)c2ccccc2)c1Cl. The number of rotatable bonds is 7. The van der Waals surface area contributed by atoms with Gasteiger partial charge < -0.3 is 4.74 Å². The van der Waals surface area contributed by atoms with Crippen LogP contribution in [0.15, 0.2) is 52.5 Å². The zero-order chi connectivity index (χ0) is 22.6. The molecule has 3 rings (SSSR count). The van der Waals surface area contributed by atoms with Crippen molar-refractivity contribution < 1.29 is 26.7 Å². The molecule has 2 aromatic rings. The molecule has 1 aliphatic rings. The minimum absolute atomic E-state index is 0.128. The summed E-state index contributed by atoms with van der Waals surface area (Å²) in [6.07, 6.45) is 0. The summed E-state index contributed by atoms with van der Waals surface area (Å²) in [6.45, 7) is -1.01. The van der Waals surface area contributed by atoms with Gasteiger partial charge in [0, 0.05) is 6.54 Å². The fraction of sp³-hybridized carbons (Fsp3) is 0.176. The van der Waals surface area contributed by atoms with Gasteiger partial charge in [0.25, 0.3) is 15.9 Å². The Bertz CT molecular complexity index is 1100. The molecule has 0 saturated carbocycles. The van der Waals surface area contributed by atoms with Gasteiger partial charge in [0.05, 0.1) is 15.5 Å². The van der Waals surface area contributed by atoms with Crippen molar-refractivity contribution in [3.05, 3.63) is 53.1 Å². The van der Waals surface area contributed by atoms with Crippen LogP contribution in [0.2, 0.25) is 5.02 Å². The van der Waals surface area contributed by atoms with Crippen molar-refractivity contribution in [3.8, 4) is 5.75 Å². The number of hydrogen-bond acceptors (Lipinski definition) is 8. The molecule has 14 heteroatoms. The zero-order valence-corrected chi connectivity index (χ0v) is 17.5. The Balaban J connectivity index is 1.97. The van der Waals surface area contributed by atoms with Gasteiger partial charge >= 0.3 is 6.61 Å². The topological polar surface area (TPSA) is 124 Å². The molecule has 31 heavy (non-hydrogen) atoms.